The maximum Gasteiger partial charge on any atom is 0.236 e. The molecule has 0 N–H and O–H groups in total. The second kappa shape index (κ2) is 8.44. The molecule has 1 fully saturated rings. The molecule has 0 unspecified atom stereocenters. The van der Waals surface area contributed by atoms with Crippen LogP contribution in [0.25, 0.3) is 0 Å². The van der Waals surface area contributed by atoms with Gasteiger partial charge < -0.3 is 14.4 Å². The standard InChI is InChI=1S/C12H24N2O3/c1-16-9-7-13(8-10-17-2)11-12(15)14-5-3-4-6-14/h3-11H2,1-2H3. The molecule has 0 aromatic heterocycles. The minimum atomic E-state index is 0.231. The van der Waals surface area contributed by atoms with E-state index in [-0.39, 0.29) is 5.91 Å². The lowest BCUT2D eigenvalue weighted by molar-refractivity contribution is -0.131. The van der Waals surface area contributed by atoms with Gasteiger partial charge in [-0.15, -0.1) is 0 Å². The van der Waals surface area contributed by atoms with Crippen molar-refractivity contribution >= 4 is 5.91 Å². The highest BCUT2D eigenvalue weighted by Crippen LogP contribution is 2.07. The largest absolute Gasteiger partial charge is 0.383 e. The third kappa shape index (κ3) is 5.48. The molecule has 17 heavy (non-hydrogen) atoms. The molecule has 0 saturated carbocycles. The first-order valence-electron chi connectivity index (χ1n) is 6.26. The summed E-state index contributed by atoms with van der Waals surface area (Å²) in [5.74, 6) is 0.231. The lowest BCUT2D eigenvalue weighted by Crippen LogP contribution is -2.41. The predicted octanol–water partition coefficient (Wildman–Crippen LogP) is 0.204. The fourth-order valence-corrected chi connectivity index (χ4v) is 1.97. The summed E-state index contributed by atoms with van der Waals surface area (Å²) in [4.78, 5) is 16.0. The van der Waals surface area contributed by atoms with Crippen LogP contribution in [0, 0.1) is 0 Å². The summed E-state index contributed by atoms with van der Waals surface area (Å²) in [6.07, 6.45) is 2.28. The van der Waals surface area contributed by atoms with E-state index in [2.05, 4.69) is 4.90 Å². The van der Waals surface area contributed by atoms with E-state index in [1.54, 1.807) is 14.2 Å². The van der Waals surface area contributed by atoms with Gasteiger partial charge in [-0.1, -0.05) is 0 Å². The Hall–Kier alpha value is -0.650. The fourth-order valence-electron chi connectivity index (χ4n) is 1.97. The van der Waals surface area contributed by atoms with Crippen molar-refractivity contribution in [3.05, 3.63) is 0 Å². The molecule has 0 radical (unpaired) electrons. The Morgan fingerprint density at radius 2 is 1.65 bits per heavy atom. The van der Waals surface area contributed by atoms with Crippen LogP contribution in [-0.2, 0) is 14.3 Å². The molecule has 5 nitrogen and oxygen atoms in total. The molecule has 0 spiro atoms. The van der Waals surface area contributed by atoms with E-state index in [0.717, 1.165) is 39.0 Å². The first kappa shape index (κ1) is 14.4. The minimum absolute atomic E-state index is 0.231. The highest BCUT2D eigenvalue weighted by Gasteiger charge is 2.20. The molecule has 1 heterocycles. The van der Waals surface area contributed by atoms with Crippen LogP contribution >= 0.6 is 0 Å². The maximum atomic E-state index is 12.0. The van der Waals surface area contributed by atoms with E-state index in [1.165, 1.54) is 0 Å². The van der Waals surface area contributed by atoms with Crippen molar-refractivity contribution in [2.24, 2.45) is 0 Å². The third-order valence-electron chi connectivity index (χ3n) is 3.04. The van der Waals surface area contributed by atoms with Crippen LogP contribution < -0.4 is 0 Å². The third-order valence-corrected chi connectivity index (χ3v) is 3.04. The second-order valence-electron chi connectivity index (χ2n) is 4.35. The van der Waals surface area contributed by atoms with Crippen LogP contribution in [-0.4, -0.2) is 75.9 Å². The van der Waals surface area contributed by atoms with E-state index in [1.807, 2.05) is 4.90 Å². The van der Waals surface area contributed by atoms with Gasteiger partial charge in [-0.25, -0.2) is 0 Å². The molecule has 1 aliphatic rings. The highest BCUT2D eigenvalue weighted by molar-refractivity contribution is 5.78. The Kier molecular flexibility index (Phi) is 7.16. The van der Waals surface area contributed by atoms with Crippen LogP contribution in [0.15, 0.2) is 0 Å². The van der Waals surface area contributed by atoms with Crippen LogP contribution in [0.4, 0.5) is 0 Å². The molecule has 0 bridgehead atoms. The summed E-state index contributed by atoms with van der Waals surface area (Å²) in [7, 11) is 3.35. The predicted molar refractivity (Wildman–Crippen MR) is 66.0 cm³/mol. The second-order valence-corrected chi connectivity index (χ2v) is 4.35. The number of carbonyl (C=O) groups is 1. The van der Waals surface area contributed by atoms with Gasteiger partial charge in [0.15, 0.2) is 0 Å². The number of rotatable bonds is 8. The van der Waals surface area contributed by atoms with E-state index < -0.39 is 0 Å². The first-order valence-corrected chi connectivity index (χ1v) is 6.26. The number of carbonyl (C=O) groups excluding carboxylic acids is 1. The minimum Gasteiger partial charge on any atom is -0.383 e. The van der Waals surface area contributed by atoms with Gasteiger partial charge in [0.2, 0.25) is 5.91 Å². The van der Waals surface area contributed by atoms with Gasteiger partial charge in [0.05, 0.1) is 19.8 Å². The van der Waals surface area contributed by atoms with E-state index in [0.29, 0.717) is 19.8 Å². The lowest BCUT2D eigenvalue weighted by Gasteiger charge is -2.24. The summed E-state index contributed by atoms with van der Waals surface area (Å²) < 4.78 is 10.1. The highest BCUT2D eigenvalue weighted by atomic mass is 16.5. The fraction of sp³-hybridized carbons (Fsp3) is 0.917. The first-order chi connectivity index (χ1) is 8.27. The van der Waals surface area contributed by atoms with Crippen LogP contribution in [0.5, 0.6) is 0 Å². The Bertz CT molecular complexity index is 210. The zero-order chi connectivity index (χ0) is 12.5. The van der Waals surface area contributed by atoms with Gasteiger partial charge >= 0.3 is 0 Å². The van der Waals surface area contributed by atoms with Gasteiger partial charge in [0.1, 0.15) is 0 Å². The van der Waals surface area contributed by atoms with Crippen molar-refractivity contribution < 1.29 is 14.3 Å². The molecule has 1 aliphatic heterocycles. The number of amides is 1. The van der Waals surface area contributed by atoms with E-state index in [4.69, 9.17) is 9.47 Å². The number of methoxy groups -OCH3 is 2. The van der Waals surface area contributed by atoms with Crippen LogP contribution in [0.3, 0.4) is 0 Å². The number of ether oxygens (including phenoxy) is 2. The van der Waals surface area contributed by atoms with Crippen molar-refractivity contribution in [1.29, 1.82) is 0 Å². The molecule has 0 aromatic carbocycles. The molecule has 0 atom stereocenters. The molecule has 0 aliphatic carbocycles. The molecule has 1 rings (SSSR count). The zero-order valence-corrected chi connectivity index (χ0v) is 11.0. The van der Waals surface area contributed by atoms with Crippen molar-refractivity contribution in [2.75, 3.05) is 60.2 Å². The van der Waals surface area contributed by atoms with E-state index in [9.17, 15) is 4.79 Å². The summed E-state index contributed by atoms with van der Waals surface area (Å²) in [6, 6.07) is 0. The van der Waals surface area contributed by atoms with Crippen LogP contribution in [0.1, 0.15) is 12.8 Å². The topological polar surface area (TPSA) is 42.0 Å². The average Bonchev–Trinajstić information content (AvgIpc) is 2.86. The van der Waals surface area contributed by atoms with Gasteiger partial charge in [-0.3, -0.25) is 9.69 Å². The van der Waals surface area contributed by atoms with Gasteiger partial charge in [-0.05, 0) is 12.8 Å². The van der Waals surface area contributed by atoms with E-state index >= 15 is 0 Å². The number of nitrogens with zero attached hydrogens (tertiary/aromatic N) is 2. The van der Waals surface area contributed by atoms with Gasteiger partial charge in [0, 0.05) is 40.4 Å². The molecule has 1 amide bonds. The van der Waals surface area contributed by atoms with Crippen molar-refractivity contribution in [1.82, 2.24) is 9.80 Å². The van der Waals surface area contributed by atoms with Crippen LogP contribution in [0.2, 0.25) is 0 Å². The average molecular weight is 244 g/mol. The number of hydrogen-bond donors (Lipinski definition) is 0. The molecule has 100 valence electrons. The summed E-state index contributed by atoms with van der Waals surface area (Å²) in [5.41, 5.74) is 0. The number of likely N-dealkylation sites (tertiary alicyclic amines) is 1. The lowest BCUT2D eigenvalue weighted by atomic mass is 10.4. The summed E-state index contributed by atoms with van der Waals surface area (Å²) in [6.45, 7) is 5.17. The van der Waals surface area contributed by atoms with Crippen molar-refractivity contribution in [2.45, 2.75) is 12.8 Å². The normalized spacial score (nSPS) is 15.8. The van der Waals surface area contributed by atoms with Crippen molar-refractivity contribution in [3.8, 4) is 0 Å². The molecular formula is C12H24N2O3. The van der Waals surface area contributed by atoms with Gasteiger partial charge in [-0.2, -0.15) is 0 Å². The Labute approximate surface area is 104 Å². The Balaban J connectivity index is 2.31. The molecule has 1 saturated heterocycles. The molecular weight excluding hydrogens is 220 g/mol. The van der Waals surface area contributed by atoms with Gasteiger partial charge in [0.25, 0.3) is 0 Å². The Morgan fingerprint density at radius 1 is 1.12 bits per heavy atom. The van der Waals surface area contributed by atoms with Crippen molar-refractivity contribution in [3.63, 3.8) is 0 Å². The smallest absolute Gasteiger partial charge is 0.236 e. The Morgan fingerprint density at radius 3 is 2.12 bits per heavy atom. The summed E-state index contributed by atoms with van der Waals surface area (Å²) in [5, 5.41) is 0. The molecule has 5 heteroatoms. The monoisotopic (exact) mass is 244 g/mol. The zero-order valence-electron chi connectivity index (χ0n) is 11.0. The quantitative estimate of drug-likeness (QED) is 0.612. The number of hydrogen-bond acceptors (Lipinski definition) is 4. The SMILES string of the molecule is COCCN(CCOC)CC(=O)N1CCCC1. The maximum absolute atomic E-state index is 12.0. The summed E-state index contributed by atoms with van der Waals surface area (Å²) >= 11 is 0. The molecule has 0 aromatic rings.